The number of thiophene rings is 1. The number of carbonyl (C=O) groups excluding carboxylic acids is 1. The van der Waals surface area contributed by atoms with Crippen LogP contribution < -0.4 is 5.32 Å². The van der Waals surface area contributed by atoms with Gasteiger partial charge in [-0.1, -0.05) is 18.2 Å². The molecule has 20 heavy (non-hydrogen) atoms. The zero-order valence-electron chi connectivity index (χ0n) is 10.8. The summed E-state index contributed by atoms with van der Waals surface area (Å²) in [6, 6.07) is 7.78. The minimum atomic E-state index is -0.761. The third-order valence-electron chi connectivity index (χ3n) is 3.84. The van der Waals surface area contributed by atoms with Crippen molar-refractivity contribution in [2.75, 3.05) is 0 Å². The molecule has 3 rings (SSSR count). The van der Waals surface area contributed by atoms with Crippen molar-refractivity contribution >= 4 is 33.3 Å². The molecule has 1 aromatic carbocycles. The molecule has 5 heteroatoms. The van der Waals surface area contributed by atoms with E-state index in [0.717, 1.165) is 16.5 Å². The lowest BCUT2D eigenvalue weighted by Crippen LogP contribution is -2.33. The number of amides is 1. The molecular weight excluding hydrogens is 274 g/mol. The number of hydrogen-bond donors (Lipinski definition) is 2. The van der Waals surface area contributed by atoms with Crippen molar-refractivity contribution in [1.29, 1.82) is 0 Å². The van der Waals surface area contributed by atoms with E-state index in [-0.39, 0.29) is 17.9 Å². The molecule has 1 heterocycles. The summed E-state index contributed by atoms with van der Waals surface area (Å²) in [4.78, 5) is 23.2. The molecule has 1 fully saturated rings. The molecule has 0 bridgehead atoms. The molecule has 1 saturated carbocycles. The van der Waals surface area contributed by atoms with Crippen molar-refractivity contribution < 1.29 is 14.7 Å². The van der Waals surface area contributed by atoms with E-state index in [1.165, 1.54) is 0 Å². The fourth-order valence-corrected chi connectivity index (χ4v) is 3.69. The van der Waals surface area contributed by atoms with Gasteiger partial charge in [-0.15, -0.1) is 11.3 Å². The van der Waals surface area contributed by atoms with Gasteiger partial charge in [-0.3, -0.25) is 9.59 Å². The van der Waals surface area contributed by atoms with Crippen molar-refractivity contribution in [2.45, 2.75) is 25.3 Å². The van der Waals surface area contributed by atoms with E-state index in [1.807, 2.05) is 29.6 Å². The number of carboxylic acid groups (broad SMARTS) is 1. The lowest BCUT2D eigenvalue weighted by molar-refractivity contribution is -0.141. The number of benzene rings is 1. The summed E-state index contributed by atoms with van der Waals surface area (Å²) in [6.45, 7) is 0. The zero-order chi connectivity index (χ0) is 14.1. The Morgan fingerprint density at radius 3 is 2.80 bits per heavy atom. The molecule has 104 valence electrons. The topological polar surface area (TPSA) is 66.4 Å². The minimum Gasteiger partial charge on any atom is -0.481 e. The Balaban J connectivity index is 1.73. The molecule has 0 radical (unpaired) electrons. The largest absolute Gasteiger partial charge is 0.481 e. The number of fused-ring (bicyclic) bond motifs is 1. The lowest BCUT2D eigenvalue weighted by atomic mass is 10.1. The summed E-state index contributed by atoms with van der Waals surface area (Å²) >= 11 is 1.55. The van der Waals surface area contributed by atoms with Gasteiger partial charge in [-0.2, -0.15) is 0 Å². The van der Waals surface area contributed by atoms with E-state index >= 15 is 0 Å². The molecular formula is C15H15NO3S. The Morgan fingerprint density at radius 2 is 2.05 bits per heavy atom. The maximum Gasteiger partial charge on any atom is 0.306 e. The van der Waals surface area contributed by atoms with Crippen LogP contribution in [0.2, 0.25) is 0 Å². The van der Waals surface area contributed by atoms with E-state index < -0.39 is 5.97 Å². The maximum absolute atomic E-state index is 12.3. The van der Waals surface area contributed by atoms with Gasteiger partial charge in [0.1, 0.15) is 0 Å². The van der Waals surface area contributed by atoms with Crippen LogP contribution in [-0.4, -0.2) is 23.0 Å². The number of nitrogens with one attached hydrogen (secondary N) is 1. The normalized spacial score (nSPS) is 22.0. The van der Waals surface area contributed by atoms with Crippen molar-refractivity contribution in [3.05, 3.63) is 35.2 Å². The molecule has 1 aliphatic rings. The molecule has 0 saturated heterocycles. The highest BCUT2D eigenvalue weighted by Crippen LogP contribution is 2.28. The molecule has 2 atom stereocenters. The zero-order valence-corrected chi connectivity index (χ0v) is 11.7. The Hall–Kier alpha value is -1.88. The summed E-state index contributed by atoms with van der Waals surface area (Å²) in [5.41, 5.74) is 0.685. The summed E-state index contributed by atoms with van der Waals surface area (Å²) in [7, 11) is 0. The smallest absolute Gasteiger partial charge is 0.306 e. The second-order valence-corrected chi connectivity index (χ2v) is 6.08. The van der Waals surface area contributed by atoms with Crippen molar-refractivity contribution in [2.24, 2.45) is 5.92 Å². The highest BCUT2D eigenvalue weighted by atomic mass is 32.1. The summed E-state index contributed by atoms with van der Waals surface area (Å²) < 4.78 is 1.09. The fourth-order valence-electron chi connectivity index (χ4n) is 2.75. The molecule has 1 amide bonds. The van der Waals surface area contributed by atoms with Gasteiger partial charge in [0.25, 0.3) is 5.91 Å². The molecule has 1 aromatic heterocycles. The van der Waals surface area contributed by atoms with Crippen LogP contribution in [0.1, 0.15) is 29.6 Å². The van der Waals surface area contributed by atoms with Gasteiger partial charge in [-0.05, 0) is 25.3 Å². The third kappa shape index (κ3) is 2.41. The van der Waals surface area contributed by atoms with Crippen LogP contribution in [0.25, 0.3) is 10.1 Å². The van der Waals surface area contributed by atoms with Gasteiger partial charge in [-0.25, -0.2) is 0 Å². The lowest BCUT2D eigenvalue weighted by Gasteiger charge is -2.12. The molecule has 0 unspecified atom stereocenters. The van der Waals surface area contributed by atoms with Crippen LogP contribution >= 0.6 is 11.3 Å². The molecule has 2 N–H and O–H groups in total. The van der Waals surface area contributed by atoms with Crippen LogP contribution in [0.15, 0.2) is 29.6 Å². The molecule has 2 aromatic rings. The van der Waals surface area contributed by atoms with Gasteiger partial charge in [0.05, 0.1) is 11.5 Å². The van der Waals surface area contributed by atoms with E-state index in [4.69, 9.17) is 5.11 Å². The number of carboxylic acids is 1. The monoisotopic (exact) mass is 289 g/mol. The first-order valence-corrected chi connectivity index (χ1v) is 7.53. The number of carbonyl (C=O) groups is 2. The average Bonchev–Trinajstić information content (AvgIpc) is 3.04. The second kappa shape index (κ2) is 5.25. The highest BCUT2D eigenvalue weighted by molar-refractivity contribution is 7.17. The maximum atomic E-state index is 12.3. The second-order valence-electron chi connectivity index (χ2n) is 5.16. The quantitative estimate of drug-likeness (QED) is 0.913. The third-order valence-corrected chi connectivity index (χ3v) is 4.81. The van der Waals surface area contributed by atoms with Crippen LogP contribution in [0, 0.1) is 5.92 Å². The summed E-state index contributed by atoms with van der Waals surface area (Å²) in [6.07, 6.45) is 1.92. The predicted octanol–water partition coefficient (Wildman–Crippen LogP) is 2.88. The van der Waals surface area contributed by atoms with E-state index in [0.29, 0.717) is 18.4 Å². The SMILES string of the molecule is O=C(N[C@@H]1CC[C@H](C(=O)O)C1)c1csc2ccccc12. The minimum absolute atomic E-state index is 0.0257. The van der Waals surface area contributed by atoms with Crippen LogP contribution in [-0.2, 0) is 4.79 Å². The van der Waals surface area contributed by atoms with Crippen molar-refractivity contribution in [3.8, 4) is 0 Å². The van der Waals surface area contributed by atoms with E-state index in [1.54, 1.807) is 11.3 Å². The molecule has 4 nitrogen and oxygen atoms in total. The van der Waals surface area contributed by atoms with Gasteiger partial charge < -0.3 is 10.4 Å². The first-order chi connectivity index (χ1) is 9.65. The van der Waals surface area contributed by atoms with Crippen molar-refractivity contribution in [3.63, 3.8) is 0 Å². The van der Waals surface area contributed by atoms with Gasteiger partial charge in [0, 0.05) is 21.5 Å². The summed E-state index contributed by atoms with van der Waals surface area (Å²) in [5, 5.41) is 14.8. The van der Waals surface area contributed by atoms with Crippen LogP contribution in [0.5, 0.6) is 0 Å². The molecule has 1 aliphatic carbocycles. The first kappa shape index (κ1) is 13.1. The molecule has 0 spiro atoms. The Kier molecular flexibility index (Phi) is 3.44. The van der Waals surface area contributed by atoms with Gasteiger partial charge in [0.2, 0.25) is 0 Å². The first-order valence-electron chi connectivity index (χ1n) is 6.65. The summed E-state index contributed by atoms with van der Waals surface area (Å²) in [5.74, 6) is -1.18. The van der Waals surface area contributed by atoms with Gasteiger partial charge >= 0.3 is 5.97 Å². The highest BCUT2D eigenvalue weighted by Gasteiger charge is 2.30. The number of aliphatic carboxylic acids is 1. The van der Waals surface area contributed by atoms with E-state index in [2.05, 4.69) is 5.32 Å². The predicted molar refractivity (Wildman–Crippen MR) is 78.1 cm³/mol. The number of rotatable bonds is 3. The number of hydrogen-bond acceptors (Lipinski definition) is 3. The molecule has 0 aliphatic heterocycles. The Bertz CT molecular complexity index is 664. The van der Waals surface area contributed by atoms with E-state index in [9.17, 15) is 9.59 Å². The van der Waals surface area contributed by atoms with Gasteiger partial charge in [0.15, 0.2) is 0 Å². The Labute approximate surface area is 120 Å². The standard InChI is InChI=1S/C15H15NO3S/c17-14(16-10-6-5-9(7-10)15(18)19)12-8-20-13-4-2-1-3-11(12)13/h1-4,8-10H,5-7H2,(H,16,17)(H,18,19)/t9-,10+/m0/s1. The fraction of sp³-hybridized carbons (Fsp3) is 0.333. The van der Waals surface area contributed by atoms with Crippen molar-refractivity contribution in [1.82, 2.24) is 5.32 Å². The van der Waals surface area contributed by atoms with Crippen LogP contribution in [0.3, 0.4) is 0 Å². The average molecular weight is 289 g/mol. The Morgan fingerprint density at radius 1 is 1.25 bits per heavy atom. The van der Waals surface area contributed by atoms with Crippen LogP contribution in [0.4, 0.5) is 0 Å².